The van der Waals surface area contributed by atoms with Crippen molar-refractivity contribution in [2.45, 2.75) is 13.8 Å². The zero-order valence-corrected chi connectivity index (χ0v) is 14.9. The third-order valence-corrected chi connectivity index (χ3v) is 4.55. The molecule has 0 unspecified atom stereocenters. The number of H-pyrrole nitrogens is 1. The number of aryl methyl sites for hydroxylation is 2. The summed E-state index contributed by atoms with van der Waals surface area (Å²) in [5.41, 5.74) is 6.67. The first-order chi connectivity index (χ1) is 12.6. The normalized spacial score (nSPS) is 10.8. The Morgan fingerprint density at radius 1 is 0.731 bits per heavy atom. The quantitative estimate of drug-likeness (QED) is 0.552. The molecule has 0 aliphatic carbocycles. The Bertz CT molecular complexity index is 1100. The number of hydrogen-bond donors (Lipinski definition) is 1. The van der Waals surface area contributed by atoms with E-state index in [2.05, 4.69) is 11.2 Å². The standard InChI is InChI=1S/C23H20N2O/c1-16-11-13-18(14-12-16)21-22(19-8-4-3-5-9-19)25(24-23(21)26)20-10-6-7-17(2)15-20/h3-15H,1-2H3,(H,24,26). The largest absolute Gasteiger partial charge is 0.272 e. The maximum absolute atomic E-state index is 12.9. The lowest BCUT2D eigenvalue weighted by Crippen LogP contribution is -2.05. The molecule has 1 aromatic heterocycles. The molecule has 1 N–H and O–H groups in total. The minimum atomic E-state index is -0.0887. The van der Waals surface area contributed by atoms with Crippen LogP contribution in [0, 0.1) is 13.8 Å². The number of hydrogen-bond acceptors (Lipinski definition) is 1. The van der Waals surface area contributed by atoms with Crippen LogP contribution in [-0.2, 0) is 0 Å². The van der Waals surface area contributed by atoms with E-state index in [9.17, 15) is 4.79 Å². The van der Waals surface area contributed by atoms with Crippen LogP contribution in [0.25, 0.3) is 28.1 Å². The second-order valence-electron chi connectivity index (χ2n) is 6.57. The lowest BCUT2D eigenvalue weighted by molar-refractivity contribution is 0.869. The van der Waals surface area contributed by atoms with Crippen molar-refractivity contribution < 1.29 is 0 Å². The minimum absolute atomic E-state index is 0.0887. The first-order valence-corrected chi connectivity index (χ1v) is 8.68. The van der Waals surface area contributed by atoms with Gasteiger partial charge in [-0.05, 0) is 37.1 Å². The second kappa shape index (κ2) is 6.52. The van der Waals surface area contributed by atoms with Crippen molar-refractivity contribution in [3.05, 3.63) is 100 Å². The molecule has 0 amide bonds. The van der Waals surface area contributed by atoms with Crippen LogP contribution >= 0.6 is 0 Å². The molecule has 4 aromatic rings. The van der Waals surface area contributed by atoms with Crippen LogP contribution in [0.5, 0.6) is 0 Å². The van der Waals surface area contributed by atoms with Crippen molar-refractivity contribution in [3.8, 4) is 28.1 Å². The van der Waals surface area contributed by atoms with Gasteiger partial charge in [0.05, 0.1) is 16.9 Å². The first-order valence-electron chi connectivity index (χ1n) is 8.68. The number of rotatable bonds is 3. The van der Waals surface area contributed by atoms with Gasteiger partial charge in [0.25, 0.3) is 5.56 Å². The van der Waals surface area contributed by atoms with E-state index in [1.807, 2.05) is 91.3 Å². The van der Waals surface area contributed by atoms with Crippen molar-refractivity contribution in [2.75, 3.05) is 0 Å². The van der Waals surface area contributed by atoms with E-state index in [1.54, 1.807) is 0 Å². The van der Waals surface area contributed by atoms with Crippen LogP contribution in [-0.4, -0.2) is 9.78 Å². The molecule has 0 atom stereocenters. The predicted molar refractivity (Wildman–Crippen MR) is 107 cm³/mol. The molecule has 3 nitrogen and oxygen atoms in total. The average molecular weight is 340 g/mol. The number of benzene rings is 3. The maximum atomic E-state index is 12.9. The summed E-state index contributed by atoms with van der Waals surface area (Å²) < 4.78 is 1.89. The fraction of sp³-hybridized carbons (Fsp3) is 0.0870. The van der Waals surface area contributed by atoms with Crippen LogP contribution in [0.4, 0.5) is 0 Å². The molecule has 0 spiro atoms. The number of aromatic nitrogens is 2. The Hall–Kier alpha value is -3.33. The van der Waals surface area contributed by atoms with Gasteiger partial charge in [-0.15, -0.1) is 0 Å². The molecule has 128 valence electrons. The van der Waals surface area contributed by atoms with E-state index in [4.69, 9.17) is 0 Å². The van der Waals surface area contributed by atoms with Gasteiger partial charge in [-0.25, -0.2) is 0 Å². The fourth-order valence-electron chi connectivity index (χ4n) is 3.25. The summed E-state index contributed by atoms with van der Waals surface area (Å²) in [5.74, 6) is 0. The minimum Gasteiger partial charge on any atom is -0.267 e. The van der Waals surface area contributed by atoms with Crippen LogP contribution in [0.1, 0.15) is 11.1 Å². The Kier molecular flexibility index (Phi) is 4.05. The molecule has 3 heteroatoms. The summed E-state index contributed by atoms with van der Waals surface area (Å²) in [4.78, 5) is 12.9. The molecule has 0 radical (unpaired) electrons. The number of nitrogens with one attached hydrogen (secondary N) is 1. The molecule has 26 heavy (non-hydrogen) atoms. The highest BCUT2D eigenvalue weighted by molar-refractivity contribution is 5.82. The Morgan fingerprint density at radius 2 is 1.46 bits per heavy atom. The van der Waals surface area contributed by atoms with E-state index in [-0.39, 0.29) is 5.56 Å². The molecule has 4 rings (SSSR count). The van der Waals surface area contributed by atoms with Crippen LogP contribution in [0.15, 0.2) is 83.7 Å². The van der Waals surface area contributed by atoms with E-state index in [0.29, 0.717) is 5.56 Å². The van der Waals surface area contributed by atoms with Gasteiger partial charge in [0.15, 0.2) is 0 Å². The van der Waals surface area contributed by atoms with E-state index >= 15 is 0 Å². The van der Waals surface area contributed by atoms with Crippen LogP contribution in [0.2, 0.25) is 0 Å². The summed E-state index contributed by atoms with van der Waals surface area (Å²) >= 11 is 0. The number of aromatic amines is 1. The molecule has 0 aliphatic heterocycles. The third kappa shape index (κ3) is 2.88. The van der Waals surface area contributed by atoms with Crippen molar-refractivity contribution in [3.63, 3.8) is 0 Å². The molecule has 3 aromatic carbocycles. The predicted octanol–water partition coefficient (Wildman–Crippen LogP) is 5.12. The molecule has 0 bridgehead atoms. The Labute approximate surface area is 152 Å². The lowest BCUT2D eigenvalue weighted by atomic mass is 10.00. The van der Waals surface area contributed by atoms with Gasteiger partial charge in [-0.1, -0.05) is 72.3 Å². The van der Waals surface area contributed by atoms with Gasteiger partial charge in [0.2, 0.25) is 0 Å². The van der Waals surface area contributed by atoms with Gasteiger partial charge >= 0.3 is 0 Å². The second-order valence-corrected chi connectivity index (χ2v) is 6.57. The highest BCUT2D eigenvalue weighted by Gasteiger charge is 2.19. The van der Waals surface area contributed by atoms with E-state index in [1.165, 1.54) is 5.56 Å². The van der Waals surface area contributed by atoms with Gasteiger partial charge in [0, 0.05) is 5.56 Å². The highest BCUT2D eigenvalue weighted by atomic mass is 16.1. The van der Waals surface area contributed by atoms with Crippen molar-refractivity contribution >= 4 is 0 Å². The highest BCUT2D eigenvalue weighted by Crippen LogP contribution is 2.31. The summed E-state index contributed by atoms with van der Waals surface area (Å²) in [6.07, 6.45) is 0. The van der Waals surface area contributed by atoms with Crippen molar-refractivity contribution in [1.82, 2.24) is 9.78 Å². The van der Waals surface area contributed by atoms with E-state index < -0.39 is 0 Å². The average Bonchev–Trinajstić information content (AvgIpc) is 3.00. The zero-order valence-electron chi connectivity index (χ0n) is 14.9. The first kappa shape index (κ1) is 16.2. The molecule has 0 saturated carbocycles. The van der Waals surface area contributed by atoms with Gasteiger partial charge in [-0.3, -0.25) is 14.6 Å². The maximum Gasteiger partial charge on any atom is 0.272 e. The van der Waals surface area contributed by atoms with E-state index in [0.717, 1.165) is 28.1 Å². The smallest absolute Gasteiger partial charge is 0.267 e. The van der Waals surface area contributed by atoms with Gasteiger partial charge < -0.3 is 0 Å². The summed E-state index contributed by atoms with van der Waals surface area (Å²) in [6, 6.07) is 26.3. The van der Waals surface area contributed by atoms with Crippen LogP contribution < -0.4 is 5.56 Å². The SMILES string of the molecule is Cc1ccc(-c2c(-c3ccccc3)n(-c3cccc(C)c3)[nH]c2=O)cc1. The number of nitrogens with zero attached hydrogens (tertiary/aromatic N) is 1. The van der Waals surface area contributed by atoms with Crippen molar-refractivity contribution in [1.29, 1.82) is 0 Å². The molecule has 1 heterocycles. The fourth-order valence-corrected chi connectivity index (χ4v) is 3.25. The summed E-state index contributed by atoms with van der Waals surface area (Å²) in [5, 5.41) is 3.03. The summed E-state index contributed by atoms with van der Waals surface area (Å²) in [7, 11) is 0. The van der Waals surface area contributed by atoms with Crippen LogP contribution in [0.3, 0.4) is 0 Å². The molecule has 0 fully saturated rings. The lowest BCUT2D eigenvalue weighted by Gasteiger charge is -2.11. The van der Waals surface area contributed by atoms with Gasteiger partial charge in [0.1, 0.15) is 0 Å². The third-order valence-electron chi connectivity index (χ3n) is 4.55. The monoisotopic (exact) mass is 340 g/mol. The summed E-state index contributed by atoms with van der Waals surface area (Å²) in [6.45, 7) is 4.10. The molecular weight excluding hydrogens is 320 g/mol. The van der Waals surface area contributed by atoms with Crippen molar-refractivity contribution in [2.24, 2.45) is 0 Å². The molecule has 0 saturated heterocycles. The Morgan fingerprint density at radius 3 is 2.15 bits per heavy atom. The zero-order chi connectivity index (χ0) is 18.1. The topological polar surface area (TPSA) is 37.8 Å². The Balaban J connectivity index is 2.03. The molecular formula is C23H20N2O. The van der Waals surface area contributed by atoms with Gasteiger partial charge in [-0.2, -0.15) is 0 Å². The molecule has 0 aliphatic rings.